The zero-order valence-electron chi connectivity index (χ0n) is 5.00. The summed E-state index contributed by atoms with van der Waals surface area (Å²) in [7, 11) is 0. The van der Waals surface area contributed by atoms with Gasteiger partial charge in [0.05, 0.1) is 0 Å². The summed E-state index contributed by atoms with van der Waals surface area (Å²) in [4.78, 5) is 4.00. The predicted octanol–water partition coefficient (Wildman–Crippen LogP) is 0.942. The number of nitrogens with zero attached hydrogens (tertiary/aromatic N) is 1. The van der Waals surface area contributed by atoms with Crippen LogP contribution in [0.4, 0.5) is 0 Å². The summed E-state index contributed by atoms with van der Waals surface area (Å²) >= 11 is 0. The second kappa shape index (κ2) is 1.72. The molecule has 9 heavy (non-hydrogen) atoms. The minimum absolute atomic E-state index is 1.00. The first kappa shape index (κ1) is 4.79. The summed E-state index contributed by atoms with van der Waals surface area (Å²) in [6.45, 7) is 0. The lowest BCUT2D eigenvalue weighted by Crippen LogP contribution is -1.91. The Hall–Kier alpha value is -1.05. The quantitative estimate of drug-likeness (QED) is 0.468. The highest BCUT2D eigenvalue weighted by molar-refractivity contribution is 5.55. The Labute approximate surface area is 53.5 Å². The van der Waals surface area contributed by atoms with E-state index in [0.29, 0.717) is 0 Å². The summed E-state index contributed by atoms with van der Waals surface area (Å²) < 4.78 is 5.09. The molecular formula is C7H7NO+. The molecule has 0 spiro atoms. The SMILES string of the molecule is C1=CC2=C(CC1)OC=[N+]2. The molecule has 0 bridgehead atoms. The van der Waals surface area contributed by atoms with Gasteiger partial charge in [-0.15, -0.1) is 0 Å². The van der Waals surface area contributed by atoms with Crippen LogP contribution in [-0.4, -0.2) is 6.40 Å². The van der Waals surface area contributed by atoms with Crippen LogP contribution in [0.1, 0.15) is 12.8 Å². The third-order valence-electron chi connectivity index (χ3n) is 1.49. The molecule has 45 valence electrons. The van der Waals surface area contributed by atoms with Crippen molar-refractivity contribution >= 4 is 6.40 Å². The zero-order chi connectivity index (χ0) is 6.10. The number of ether oxygens (including phenoxy) is 1. The maximum absolute atomic E-state index is 5.09. The number of hydrogen-bond acceptors (Lipinski definition) is 2. The molecule has 0 saturated carbocycles. The minimum Gasteiger partial charge on any atom is -0.404 e. The van der Waals surface area contributed by atoms with E-state index >= 15 is 0 Å². The Kier molecular flexibility index (Phi) is 0.918. The topological polar surface area (TPSA) is 23.3 Å². The third kappa shape index (κ3) is 0.669. The average molecular weight is 121 g/mol. The Morgan fingerprint density at radius 1 is 1.56 bits per heavy atom. The van der Waals surface area contributed by atoms with Crippen molar-refractivity contribution in [1.82, 2.24) is 4.99 Å². The summed E-state index contributed by atoms with van der Waals surface area (Å²) in [6, 6.07) is 0. The van der Waals surface area contributed by atoms with Crippen molar-refractivity contribution in [2.24, 2.45) is 0 Å². The van der Waals surface area contributed by atoms with E-state index in [1.807, 2.05) is 6.08 Å². The van der Waals surface area contributed by atoms with E-state index in [9.17, 15) is 0 Å². The number of hydrogen-bond donors (Lipinski definition) is 0. The average Bonchev–Trinajstić information content (AvgIpc) is 2.33. The van der Waals surface area contributed by atoms with E-state index < -0.39 is 0 Å². The minimum atomic E-state index is 1.00. The largest absolute Gasteiger partial charge is 0.404 e. The lowest BCUT2D eigenvalue weighted by Gasteiger charge is -1.97. The number of allylic oxidation sites excluding steroid dienone is 3. The molecule has 0 aromatic heterocycles. The van der Waals surface area contributed by atoms with Crippen LogP contribution in [0.25, 0.3) is 0 Å². The second-order valence-corrected chi connectivity index (χ2v) is 2.10. The van der Waals surface area contributed by atoms with Crippen LogP contribution < -0.4 is 4.99 Å². The highest BCUT2D eigenvalue weighted by atomic mass is 16.5. The molecule has 0 atom stereocenters. The maximum atomic E-state index is 5.09. The van der Waals surface area contributed by atoms with Gasteiger partial charge in [-0.3, -0.25) is 0 Å². The van der Waals surface area contributed by atoms with Crippen molar-refractivity contribution in [2.45, 2.75) is 12.8 Å². The molecule has 0 unspecified atom stereocenters. The van der Waals surface area contributed by atoms with E-state index in [4.69, 9.17) is 4.74 Å². The van der Waals surface area contributed by atoms with Crippen LogP contribution in [0, 0.1) is 0 Å². The molecule has 2 rings (SSSR count). The third-order valence-corrected chi connectivity index (χ3v) is 1.49. The van der Waals surface area contributed by atoms with Crippen LogP contribution in [0.3, 0.4) is 0 Å². The molecular weight excluding hydrogens is 114 g/mol. The van der Waals surface area contributed by atoms with E-state index in [1.54, 1.807) is 0 Å². The predicted molar refractivity (Wildman–Crippen MR) is 34.7 cm³/mol. The Bertz CT molecular complexity index is 213. The monoisotopic (exact) mass is 121 g/mol. The highest BCUT2D eigenvalue weighted by Crippen LogP contribution is 2.19. The van der Waals surface area contributed by atoms with Gasteiger partial charge in [0.2, 0.25) is 0 Å². The molecule has 2 aliphatic rings. The van der Waals surface area contributed by atoms with Crippen molar-refractivity contribution in [1.29, 1.82) is 0 Å². The summed E-state index contributed by atoms with van der Waals surface area (Å²) in [5.74, 6) is 1.03. The Morgan fingerprint density at radius 2 is 2.56 bits per heavy atom. The summed E-state index contributed by atoms with van der Waals surface area (Å²) in [6.07, 6.45) is 7.71. The van der Waals surface area contributed by atoms with Crippen LogP contribution in [0.15, 0.2) is 23.6 Å². The first-order valence-electron chi connectivity index (χ1n) is 3.06. The first-order valence-corrected chi connectivity index (χ1v) is 3.06. The van der Waals surface area contributed by atoms with Crippen molar-refractivity contribution in [3.63, 3.8) is 0 Å². The lowest BCUT2D eigenvalue weighted by molar-refractivity contribution is 0.419. The van der Waals surface area contributed by atoms with Crippen LogP contribution in [0.5, 0.6) is 0 Å². The van der Waals surface area contributed by atoms with E-state index in [0.717, 1.165) is 24.3 Å². The van der Waals surface area contributed by atoms with Gasteiger partial charge >= 0.3 is 12.1 Å². The van der Waals surface area contributed by atoms with Crippen molar-refractivity contribution in [3.05, 3.63) is 23.6 Å². The molecule has 0 aromatic carbocycles. The fourth-order valence-electron chi connectivity index (χ4n) is 1.01. The van der Waals surface area contributed by atoms with Gasteiger partial charge in [0.1, 0.15) is 4.99 Å². The normalized spacial score (nSPS) is 22.2. The smallest absolute Gasteiger partial charge is 0.404 e. The molecule has 1 aliphatic carbocycles. The van der Waals surface area contributed by atoms with Gasteiger partial charge in [0.15, 0.2) is 5.76 Å². The van der Waals surface area contributed by atoms with E-state index in [2.05, 4.69) is 11.1 Å². The molecule has 0 saturated heterocycles. The Morgan fingerprint density at radius 3 is 3.44 bits per heavy atom. The van der Waals surface area contributed by atoms with Crippen molar-refractivity contribution < 1.29 is 4.74 Å². The molecule has 1 radical (unpaired) electrons. The molecule has 1 heterocycles. The van der Waals surface area contributed by atoms with Gasteiger partial charge in [-0.05, 0) is 6.42 Å². The van der Waals surface area contributed by atoms with Crippen LogP contribution >= 0.6 is 0 Å². The van der Waals surface area contributed by atoms with Gasteiger partial charge in [0, 0.05) is 12.5 Å². The lowest BCUT2D eigenvalue weighted by atomic mass is 10.1. The fraction of sp³-hybridized carbons (Fsp3) is 0.286. The molecule has 1 aliphatic heterocycles. The molecule has 0 aromatic rings. The maximum Gasteiger partial charge on any atom is 0.404 e. The van der Waals surface area contributed by atoms with Crippen molar-refractivity contribution in [3.8, 4) is 0 Å². The molecule has 0 N–H and O–H groups in total. The van der Waals surface area contributed by atoms with Gasteiger partial charge < -0.3 is 4.74 Å². The van der Waals surface area contributed by atoms with Gasteiger partial charge in [0.25, 0.3) is 0 Å². The standard InChI is InChI=1S/C7H7NO/c1-2-4-7-6(3-1)8-5-9-7/h1,3,5H,2,4H2/q+1. The molecule has 2 heteroatoms. The zero-order valence-corrected chi connectivity index (χ0v) is 5.00. The van der Waals surface area contributed by atoms with E-state index in [-0.39, 0.29) is 0 Å². The number of aliphatic imine (C=N–C) groups is 1. The van der Waals surface area contributed by atoms with Gasteiger partial charge in [-0.25, -0.2) is 0 Å². The first-order chi connectivity index (χ1) is 4.47. The molecule has 0 amide bonds. The number of rotatable bonds is 0. The fourth-order valence-corrected chi connectivity index (χ4v) is 1.01. The summed E-state index contributed by atoms with van der Waals surface area (Å²) in [5, 5.41) is 0. The molecule has 0 fully saturated rings. The van der Waals surface area contributed by atoms with Gasteiger partial charge in [-0.2, -0.15) is 0 Å². The van der Waals surface area contributed by atoms with Crippen LogP contribution in [-0.2, 0) is 4.74 Å². The van der Waals surface area contributed by atoms with Crippen LogP contribution in [0.2, 0.25) is 0 Å². The van der Waals surface area contributed by atoms with Crippen molar-refractivity contribution in [2.75, 3.05) is 0 Å². The molecule has 2 nitrogen and oxygen atoms in total. The Balaban J connectivity index is 2.35. The highest BCUT2D eigenvalue weighted by Gasteiger charge is 2.23. The van der Waals surface area contributed by atoms with E-state index in [1.165, 1.54) is 6.40 Å². The van der Waals surface area contributed by atoms with Gasteiger partial charge in [-0.1, -0.05) is 6.08 Å². The summed E-state index contributed by atoms with van der Waals surface area (Å²) in [5.41, 5.74) is 1.00. The second-order valence-electron chi connectivity index (χ2n) is 2.10.